The summed E-state index contributed by atoms with van der Waals surface area (Å²) in [6.45, 7) is 0. The first kappa shape index (κ1) is 31.6. The molecule has 0 aliphatic carbocycles. The average molecular weight is 689 g/mol. The minimum Gasteiger partial charge on any atom is -0.310 e. The van der Waals surface area contributed by atoms with Crippen molar-refractivity contribution < 1.29 is 0 Å². The predicted molar refractivity (Wildman–Crippen MR) is 229 cm³/mol. The fourth-order valence-corrected chi connectivity index (χ4v) is 8.01. The van der Waals surface area contributed by atoms with Gasteiger partial charge in [-0.2, -0.15) is 0 Å². The van der Waals surface area contributed by atoms with Crippen molar-refractivity contribution in [3.63, 3.8) is 0 Å². The predicted octanol–water partition coefficient (Wildman–Crippen LogP) is 14.4. The largest absolute Gasteiger partial charge is 0.310 e. The summed E-state index contributed by atoms with van der Waals surface area (Å²) < 4.78 is 2.46. The Kier molecular flexibility index (Phi) is 7.85. The van der Waals surface area contributed by atoms with Crippen molar-refractivity contribution in [3.05, 3.63) is 218 Å². The Bertz CT molecular complexity index is 2890. The lowest BCUT2D eigenvalue weighted by molar-refractivity contribution is 1.19. The van der Waals surface area contributed by atoms with E-state index >= 15 is 0 Å². The fourth-order valence-electron chi connectivity index (χ4n) is 8.01. The van der Waals surface area contributed by atoms with Gasteiger partial charge in [0.05, 0.1) is 16.7 Å². The van der Waals surface area contributed by atoms with E-state index < -0.39 is 0 Å². The maximum atomic E-state index is 2.46. The molecule has 9 aromatic carbocycles. The van der Waals surface area contributed by atoms with Crippen LogP contribution in [-0.2, 0) is 0 Å². The molecule has 0 fully saturated rings. The van der Waals surface area contributed by atoms with Gasteiger partial charge >= 0.3 is 0 Å². The maximum absolute atomic E-state index is 2.46. The molecule has 1 heterocycles. The van der Waals surface area contributed by atoms with Crippen LogP contribution >= 0.6 is 0 Å². The van der Waals surface area contributed by atoms with Crippen LogP contribution in [0.4, 0.5) is 17.1 Å². The van der Waals surface area contributed by atoms with Crippen LogP contribution < -0.4 is 4.90 Å². The standard InChI is InChI=1S/C52H36N2/c1-5-16-37(17-6-1)40-28-31-45(32-29-40)53(46-26-15-23-41(34-46)38-18-7-2-8-19-38)50-36-43-22-13-14-27-47(43)52-51(50)48-35-42(39-20-9-3-10-21-39)30-33-49(48)54(52)44-24-11-4-12-25-44/h1-36H. The van der Waals surface area contributed by atoms with Crippen molar-refractivity contribution in [2.45, 2.75) is 0 Å². The van der Waals surface area contributed by atoms with Gasteiger partial charge in [-0.25, -0.2) is 0 Å². The van der Waals surface area contributed by atoms with E-state index in [1.54, 1.807) is 0 Å². The number of rotatable bonds is 7. The number of nitrogens with zero attached hydrogens (tertiary/aromatic N) is 2. The van der Waals surface area contributed by atoms with Crippen LogP contribution in [0, 0.1) is 0 Å². The molecule has 0 aliphatic rings. The number of aromatic nitrogens is 1. The minimum atomic E-state index is 1.09. The van der Waals surface area contributed by atoms with Gasteiger partial charge in [-0.15, -0.1) is 0 Å². The third-order valence-corrected chi connectivity index (χ3v) is 10.5. The van der Waals surface area contributed by atoms with Gasteiger partial charge in [0.25, 0.3) is 0 Å². The second-order valence-corrected chi connectivity index (χ2v) is 13.8. The Morgan fingerprint density at radius 3 is 1.52 bits per heavy atom. The van der Waals surface area contributed by atoms with Gasteiger partial charge in [0.1, 0.15) is 0 Å². The Morgan fingerprint density at radius 1 is 0.333 bits per heavy atom. The highest BCUT2D eigenvalue weighted by molar-refractivity contribution is 6.25. The lowest BCUT2D eigenvalue weighted by Gasteiger charge is -2.28. The molecular weight excluding hydrogens is 653 g/mol. The molecule has 10 rings (SSSR count). The normalized spacial score (nSPS) is 11.3. The van der Waals surface area contributed by atoms with Crippen molar-refractivity contribution in [3.8, 4) is 39.1 Å². The zero-order chi connectivity index (χ0) is 35.8. The highest BCUT2D eigenvalue weighted by Gasteiger charge is 2.24. The lowest BCUT2D eigenvalue weighted by Crippen LogP contribution is -2.11. The van der Waals surface area contributed by atoms with E-state index in [1.165, 1.54) is 66.0 Å². The summed E-state index contributed by atoms with van der Waals surface area (Å²) in [5.74, 6) is 0. The number of hydrogen-bond acceptors (Lipinski definition) is 1. The van der Waals surface area contributed by atoms with Crippen molar-refractivity contribution in [2.75, 3.05) is 4.90 Å². The molecule has 2 nitrogen and oxygen atoms in total. The highest BCUT2D eigenvalue weighted by Crippen LogP contribution is 2.48. The molecule has 0 radical (unpaired) electrons. The molecule has 254 valence electrons. The summed E-state index contributed by atoms with van der Waals surface area (Å²) in [5, 5.41) is 4.83. The molecule has 0 bridgehead atoms. The number of para-hydroxylation sites is 1. The number of benzene rings is 9. The number of anilines is 3. The Morgan fingerprint density at radius 2 is 0.852 bits per heavy atom. The Balaban J connectivity index is 1.32. The second kappa shape index (κ2) is 13.4. The molecule has 0 unspecified atom stereocenters. The van der Waals surface area contributed by atoms with Crippen molar-refractivity contribution >= 4 is 49.6 Å². The fraction of sp³-hybridized carbons (Fsp3) is 0. The Hall–Kier alpha value is -7.16. The van der Waals surface area contributed by atoms with Gasteiger partial charge in [-0.1, -0.05) is 164 Å². The second-order valence-electron chi connectivity index (χ2n) is 13.8. The third-order valence-electron chi connectivity index (χ3n) is 10.5. The van der Waals surface area contributed by atoms with Gasteiger partial charge in [-0.05, 0) is 93.4 Å². The van der Waals surface area contributed by atoms with Crippen molar-refractivity contribution in [1.82, 2.24) is 4.57 Å². The molecule has 0 saturated carbocycles. The summed E-state index contributed by atoms with van der Waals surface area (Å²) >= 11 is 0. The maximum Gasteiger partial charge on any atom is 0.0640 e. The third kappa shape index (κ3) is 5.53. The van der Waals surface area contributed by atoms with Gasteiger partial charge in [-0.3, -0.25) is 0 Å². The van der Waals surface area contributed by atoms with Crippen LogP contribution in [0.1, 0.15) is 0 Å². The average Bonchev–Trinajstić information content (AvgIpc) is 3.60. The van der Waals surface area contributed by atoms with E-state index in [0.717, 1.165) is 22.7 Å². The van der Waals surface area contributed by atoms with E-state index in [-0.39, 0.29) is 0 Å². The van der Waals surface area contributed by atoms with Crippen LogP contribution in [0.3, 0.4) is 0 Å². The molecule has 0 N–H and O–H groups in total. The summed E-state index contributed by atoms with van der Waals surface area (Å²) in [4.78, 5) is 2.46. The molecule has 0 spiro atoms. The first-order valence-electron chi connectivity index (χ1n) is 18.5. The van der Waals surface area contributed by atoms with Crippen LogP contribution in [0.25, 0.3) is 71.6 Å². The van der Waals surface area contributed by atoms with Gasteiger partial charge in [0.2, 0.25) is 0 Å². The first-order chi connectivity index (χ1) is 26.8. The first-order valence-corrected chi connectivity index (χ1v) is 18.5. The summed E-state index contributed by atoms with van der Waals surface area (Å²) in [6, 6.07) is 78.9. The summed E-state index contributed by atoms with van der Waals surface area (Å²) in [5.41, 5.74) is 14.0. The molecule has 0 atom stereocenters. The minimum absolute atomic E-state index is 1.09. The number of fused-ring (bicyclic) bond motifs is 5. The summed E-state index contributed by atoms with van der Waals surface area (Å²) in [6.07, 6.45) is 0. The van der Waals surface area contributed by atoms with E-state index in [9.17, 15) is 0 Å². The molecular formula is C52H36N2. The Labute approximate surface area is 315 Å². The zero-order valence-electron chi connectivity index (χ0n) is 29.7. The molecule has 2 heteroatoms. The molecule has 10 aromatic rings. The van der Waals surface area contributed by atoms with Crippen molar-refractivity contribution in [1.29, 1.82) is 0 Å². The van der Waals surface area contributed by atoms with Gasteiger partial charge in [0, 0.05) is 33.2 Å². The van der Waals surface area contributed by atoms with Gasteiger partial charge in [0.15, 0.2) is 0 Å². The van der Waals surface area contributed by atoms with E-state index in [2.05, 4.69) is 228 Å². The number of hydrogen-bond donors (Lipinski definition) is 0. The van der Waals surface area contributed by atoms with E-state index in [4.69, 9.17) is 0 Å². The molecule has 54 heavy (non-hydrogen) atoms. The van der Waals surface area contributed by atoms with Crippen LogP contribution in [0.5, 0.6) is 0 Å². The van der Waals surface area contributed by atoms with Crippen LogP contribution in [0.2, 0.25) is 0 Å². The molecule has 0 amide bonds. The molecule has 0 aliphatic heterocycles. The quantitative estimate of drug-likeness (QED) is 0.162. The monoisotopic (exact) mass is 688 g/mol. The molecule has 1 aromatic heterocycles. The zero-order valence-corrected chi connectivity index (χ0v) is 29.7. The SMILES string of the molecule is c1ccc(-c2ccc(N(c3cccc(-c4ccccc4)c3)c3cc4ccccc4c4c3c3cc(-c5ccccc5)ccc3n4-c3ccccc3)cc2)cc1. The van der Waals surface area contributed by atoms with Crippen LogP contribution in [0.15, 0.2) is 218 Å². The molecule has 0 saturated heterocycles. The van der Waals surface area contributed by atoms with Crippen LogP contribution in [-0.4, -0.2) is 4.57 Å². The summed E-state index contributed by atoms with van der Waals surface area (Å²) in [7, 11) is 0. The van der Waals surface area contributed by atoms with E-state index in [1.807, 2.05) is 0 Å². The lowest BCUT2D eigenvalue weighted by atomic mass is 9.98. The van der Waals surface area contributed by atoms with E-state index in [0.29, 0.717) is 0 Å². The van der Waals surface area contributed by atoms with Gasteiger partial charge < -0.3 is 9.47 Å². The highest BCUT2D eigenvalue weighted by atomic mass is 15.1. The smallest absolute Gasteiger partial charge is 0.0640 e. The van der Waals surface area contributed by atoms with Crippen molar-refractivity contribution in [2.24, 2.45) is 0 Å². The topological polar surface area (TPSA) is 8.17 Å².